The van der Waals surface area contributed by atoms with Gasteiger partial charge in [-0.2, -0.15) is 18.3 Å². The van der Waals surface area contributed by atoms with E-state index in [0.29, 0.717) is 17.0 Å². The minimum absolute atomic E-state index is 0.263. The van der Waals surface area contributed by atoms with E-state index in [1.165, 1.54) is 30.0 Å². The Morgan fingerprint density at radius 3 is 2.33 bits per heavy atom. The third-order valence-corrected chi connectivity index (χ3v) is 8.02. The van der Waals surface area contributed by atoms with Crippen LogP contribution in [0.4, 0.5) is 13.2 Å². The van der Waals surface area contributed by atoms with Gasteiger partial charge < -0.3 is 5.32 Å². The first-order valence-electron chi connectivity index (χ1n) is 11.8. The molecule has 0 bridgehead atoms. The molecule has 0 saturated carbocycles. The highest BCUT2D eigenvalue weighted by molar-refractivity contribution is 8.03. The van der Waals surface area contributed by atoms with Crippen LogP contribution in [0.1, 0.15) is 54.6 Å². The third kappa shape index (κ3) is 7.21. The molecule has 0 spiro atoms. The summed E-state index contributed by atoms with van der Waals surface area (Å²) in [5, 5.41) is 7.75. The van der Waals surface area contributed by atoms with Gasteiger partial charge in [0.2, 0.25) is 0 Å². The van der Waals surface area contributed by atoms with Crippen molar-refractivity contribution in [1.29, 1.82) is 0 Å². The fourth-order valence-electron chi connectivity index (χ4n) is 3.70. The van der Waals surface area contributed by atoms with Crippen LogP contribution in [0.2, 0.25) is 0 Å². The summed E-state index contributed by atoms with van der Waals surface area (Å²) in [6, 6.07) is 11.4. The number of carbonyl (C=O) groups excluding carboxylic acids is 3. The van der Waals surface area contributed by atoms with Gasteiger partial charge in [0, 0.05) is 24.5 Å². The summed E-state index contributed by atoms with van der Waals surface area (Å²) in [6.45, 7) is 2.04. The van der Waals surface area contributed by atoms with Crippen LogP contribution in [-0.2, 0) is 17.4 Å². The summed E-state index contributed by atoms with van der Waals surface area (Å²) in [4.78, 5) is 42.5. The van der Waals surface area contributed by atoms with Crippen molar-refractivity contribution in [3.8, 4) is 0 Å². The number of amides is 2. The Morgan fingerprint density at radius 1 is 1.00 bits per heavy atom. The molecule has 1 atom stereocenters. The molecule has 0 saturated heterocycles. The van der Waals surface area contributed by atoms with Crippen molar-refractivity contribution < 1.29 is 27.6 Å². The second-order valence-electron chi connectivity index (χ2n) is 8.55. The summed E-state index contributed by atoms with van der Waals surface area (Å²) in [5.74, 6) is -1.12. The maximum atomic E-state index is 12.9. The maximum Gasteiger partial charge on any atom is 0.416 e. The van der Waals surface area contributed by atoms with Crippen LogP contribution < -0.4 is 10.7 Å². The molecule has 1 unspecified atom stereocenters. The van der Waals surface area contributed by atoms with Crippen LogP contribution in [-0.4, -0.2) is 34.8 Å². The van der Waals surface area contributed by atoms with Crippen molar-refractivity contribution in [3.05, 3.63) is 98.4 Å². The molecule has 3 aromatic rings. The molecule has 4 rings (SSSR count). The molecular formula is C27H23F3N4O3S2. The number of allylic oxidation sites excluding steroid dienone is 1. The number of carbonyl (C=O) groups is 3. The van der Waals surface area contributed by atoms with E-state index in [1.54, 1.807) is 30.8 Å². The maximum absolute atomic E-state index is 12.9. The first-order chi connectivity index (χ1) is 18.6. The predicted octanol–water partition coefficient (Wildman–Crippen LogP) is 5.57. The lowest BCUT2D eigenvalue weighted by Crippen LogP contribution is -2.24. The number of hydrogen-bond donors (Lipinski definition) is 2. The molecule has 0 fully saturated rings. The topological polar surface area (TPSA) is 101 Å². The first kappa shape index (κ1) is 28.2. The molecule has 0 aliphatic carbocycles. The van der Waals surface area contributed by atoms with Crippen LogP contribution in [0.3, 0.4) is 0 Å². The van der Waals surface area contributed by atoms with Crippen LogP contribution >= 0.6 is 23.1 Å². The van der Waals surface area contributed by atoms with Gasteiger partial charge in [0.25, 0.3) is 11.8 Å². The van der Waals surface area contributed by atoms with Crippen molar-refractivity contribution in [2.75, 3.05) is 6.54 Å². The number of alkyl halides is 3. The van der Waals surface area contributed by atoms with E-state index < -0.39 is 22.9 Å². The van der Waals surface area contributed by atoms with Gasteiger partial charge in [-0.3, -0.25) is 19.4 Å². The molecule has 1 aromatic carbocycles. The van der Waals surface area contributed by atoms with E-state index in [1.807, 2.05) is 12.1 Å². The Morgan fingerprint density at radius 2 is 1.67 bits per heavy atom. The number of Topliss-reactive ketones (excluding diaryl/α,β-unsaturated/α-hetero) is 1. The summed E-state index contributed by atoms with van der Waals surface area (Å²) < 4.78 is 38.5. The van der Waals surface area contributed by atoms with E-state index in [2.05, 4.69) is 20.8 Å². The Balaban J connectivity index is 1.28. The number of aryl methyl sites for hydroxylation is 1. The van der Waals surface area contributed by atoms with E-state index in [9.17, 15) is 27.6 Å². The summed E-state index contributed by atoms with van der Waals surface area (Å²) >= 11 is 2.19. The number of ketones is 1. The Labute approximate surface area is 230 Å². The number of hydrazone groups is 1. The van der Waals surface area contributed by atoms with Crippen LogP contribution in [0.25, 0.3) is 0 Å². The van der Waals surface area contributed by atoms with Gasteiger partial charge in [-0.1, -0.05) is 12.1 Å². The van der Waals surface area contributed by atoms with Crippen molar-refractivity contribution in [2.24, 2.45) is 5.10 Å². The lowest BCUT2D eigenvalue weighted by molar-refractivity contribution is -0.137. The molecule has 39 heavy (non-hydrogen) atoms. The first-order valence-corrected chi connectivity index (χ1v) is 13.6. The zero-order valence-corrected chi connectivity index (χ0v) is 22.3. The van der Waals surface area contributed by atoms with Crippen molar-refractivity contribution in [2.45, 2.75) is 31.2 Å². The molecule has 1 aliphatic rings. The number of hydrogen-bond acceptors (Lipinski definition) is 7. The average Bonchev–Trinajstić information content (AvgIpc) is 3.57. The molecule has 12 heteroatoms. The minimum Gasteiger partial charge on any atom is -0.351 e. The van der Waals surface area contributed by atoms with Crippen LogP contribution in [0.15, 0.2) is 77.0 Å². The van der Waals surface area contributed by atoms with E-state index >= 15 is 0 Å². The lowest BCUT2D eigenvalue weighted by atomic mass is 10.0. The number of pyridine rings is 1. The van der Waals surface area contributed by atoms with E-state index in [4.69, 9.17) is 0 Å². The average molecular weight is 573 g/mol. The fourth-order valence-corrected chi connectivity index (χ4v) is 5.64. The lowest BCUT2D eigenvalue weighted by Gasteiger charge is -2.11. The van der Waals surface area contributed by atoms with Crippen molar-refractivity contribution >= 4 is 46.4 Å². The number of rotatable bonds is 9. The van der Waals surface area contributed by atoms with Crippen LogP contribution in [0.5, 0.6) is 0 Å². The second kappa shape index (κ2) is 12.4. The molecule has 2 amide bonds. The second-order valence-corrected chi connectivity index (χ2v) is 10.6. The van der Waals surface area contributed by atoms with Gasteiger partial charge in [0.05, 0.1) is 26.3 Å². The van der Waals surface area contributed by atoms with E-state index in [-0.39, 0.29) is 27.9 Å². The highest BCUT2D eigenvalue weighted by Crippen LogP contribution is 2.40. The summed E-state index contributed by atoms with van der Waals surface area (Å²) in [6.07, 6.45) is 0.554. The Kier molecular flexibility index (Phi) is 8.97. The van der Waals surface area contributed by atoms with Gasteiger partial charge >= 0.3 is 6.18 Å². The van der Waals surface area contributed by atoms with Crippen LogP contribution in [0, 0.1) is 0 Å². The van der Waals surface area contributed by atoms with Gasteiger partial charge in [-0.25, -0.2) is 5.43 Å². The number of nitrogens with one attached hydrogen (secondary N) is 2. The Bertz CT molecular complexity index is 1420. The molecule has 202 valence electrons. The standard InChI is InChI=1S/C27H23F3N4O3S2/c1-16(20-15-38-24(23(20)35)18-4-6-19(7-5-18)27(28,29)30)33-34-26(37)22-9-8-21(39-22)25(36)32-12-2-3-17-10-13-31-14-11-17/h4-11,13-15,24H,2-3,12H2,1H3,(H,32,36)(H,34,37)/b33-16+. The molecule has 0 radical (unpaired) electrons. The third-order valence-electron chi connectivity index (χ3n) is 5.81. The van der Waals surface area contributed by atoms with E-state index in [0.717, 1.165) is 41.9 Å². The molecule has 1 aliphatic heterocycles. The molecule has 2 N–H and O–H groups in total. The van der Waals surface area contributed by atoms with Gasteiger partial charge in [-0.15, -0.1) is 23.1 Å². The highest BCUT2D eigenvalue weighted by Gasteiger charge is 2.33. The van der Waals surface area contributed by atoms with Crippen molar-refractivity contribution in [3.63, 3.8) is 0 Å². The minimum atomic E-state index is -4.45. The largest absolute Gasteiger partial charge is 0.416 e. The van der Waals surface area contributed by atoms with Crippen molar-refractivity contribution in [1.82, 2.24) is 15.7 Å². The SMILES string of the molecule is C/C(=N\NC(=O)c1ccc(C(=O)NCCCc2ccncc2)s1)C1=CSC(c2ccc(C(F)(F)F)cc2)C1=O. The molecular weight excluding hydrogens is 549 g/mol. The Hall–Kier alpha value is -3.77. The number of aromatic nitrogens is 1. The normalized spacial score (nSPS) is 15.7. The number of halogens is 3. The summed E-state index contributed by atoms with van der Waals surface area (Å²) in [7, 11) is 0. The number of thiophene rings is 1. The van der Waals surface area contributed by atoms with Gasteiger partial charge in [0.1, 0.15) is 0 Å². The smallest absolute Gasteiger partial charge is 0.351 e. The molecule has 2 aromatic heterocycles. The zero-order valence-electron chi connectivity index (χ0n) is 20.6. The van der Waals surface area contributed by atoms with Gasteiger partial charge in [0.15, 0.2) is 5.78 Å². The molecule has 3 heterocycles. The molecule has 7 nitrogen and oxygen atoms in total. The number of thioether (sulfide) groups is 1. The predicted molar refractivity (Wildman–Crippen MR) is 145 cm³/mol. The quantitative estimate of drug-likeness (QED) is 0.198. The van der Waals surface area contributed by atoms with Gasteiger partial charge in [-0.05, 0) is 72.7 Å². The fraction of sp³-hybridized carbons (Fsp3) is 0.222. The zero-order chi connectivity index (χ0) is 28.0. The number of nitrogens with zero attached hydrogens (tertiary/aromatic N) is 2. The summed E-state index contributed by atoms with van der Waals surface area (Å²) in [5.41, 5.74) is 3.72. The highest BCUT2D eigenvalue weighted by atomic mass is 32.2. The monoisotopic (exact) mass is 572 g/mol. The number of benzene rings is 1.